The second-order valence-electron chi connectivity index (χ2n) is 9.99. The molecule has 1 fully saturated rings. The van der Waals surface area contributed by atoms with Crippen molar-refractivity contribution in [2.24, 2.45) is 5.92 Å². The van der Waals surface area contributed by atoms with E-state index in [1.807, 2.05) is 32.9 Å². The lowest BCUT2D eigenvalue weighted by molar-refractivity contribution is 0.402. The maximum absolute atomic E-state index is 12.7. The first kappa shape index (κ1) is 25.1. The topological polar surface area (TPSA) is 135 Å². The number of aromatic amines is 1. The van der Waals surface area contributed by atoms with Crippen molar-refractivity contribution in [2.75, 3.05) is 26.5 Å². The number of benzene rings is 1. The average molecular weight is 502 g/mol. The Labute approximate surface area is 203 Å². The Bertz CT molecular complexity index is 1480. The molecule has 35 heavy (non-hydrogen) atoms. The van der Waals surface area contributed by atoms with Gasteiger partial charge >= 0.3 is 5.69 Å². The van der Waals surface area contributed by atoms with Crippen LogP contribution in [-0.4, -0.2) is 49.4 Å². The van der Waals surface area contributed by atoms with Gasteiger partial charge < -0.3 is 10.1 Å². The second kappa shape index (κ2) is 9.21. The van der Waals surface area contributed by atoms with E-state index in [1.165, 1.54) is 16.8 Å². The summed E-state index contributed by atoms with van der Waals surface area (Å²) in [6.07, 6.45) is 5.03. The van der Waals surface area contributed by atoms with Crippen LogP contribution in [0.1, 0.15) is 44.4 Å². The Balaban J connectivity index is 2.03. The maximum Gasteiger partial charge on any atom is 0.332 e. The molecule has 188 valence electrons. The lowest BCUT2D eigenvalue weighted by Crippen LogP contribution is -2.33. The minimum absolute atomic E-state index is 0.0575. The molecule has 0 spiro atoms. The van der Waals surface area contributed by atoms with Gasteiger partial charge in [-0.25, -0.2) is 17.9 Å². The number of aromatic nitrogens is 3. The Morgan fingerprint density at radius 1 is 1.26 bits per heavy atom. The molecular weight excluding hydrogens is 470 g/mol. The number of nitrogens with one attached hydrogen (secondary N) is 3. The number of methoxy groups -OCH3 is 1. The third kappa shape index (κ3) is 5.16. The summed E-state index contributed by atoms with van der Waals surface area (Å²) in [6.45, 7) is 7.59. The zero-order chi connectivity index (χ0) is 25.5. The minimum atomic E-state index is -3.49. The molecule has 3 aromatic rings. The molecule has 0 saturated carbocycles. The monoisotopic (exact) mass is 501 g/mol. The van der Waals surface area contributed by atoms with Gasteiger partial charge in [-0.1, -0.05) is 20.8 Å². The van der Waals surface area contributed by atoms with Gasteiger partial charge in [0.2, 0.25) is 10.0 Å². The largest absolute Gasteiger partial charge is 0.496 e. The predicted octanol–water partition coefficient (Wildman–Crippen LogP) is 1.58. The molecule has 3 heterocycles. The maximum atomic E-state index is 12.7. The molecule has 0 radical (unpaired) electrons. The number of hydrogen-bond donors (Lipinski definition) is 3. The van der Waals surface area contributed by atoms with Gasteiger partial charge in [-0.2, -0.15) is 0 Å². The number of sulfonamides is 1. The van der Waals surface area contributed by atoms with Gasteiger partial charge in [0.1, 0.15) is 5.75 Å². The minimum Gasteiger partial charge on any atom is -0.496 e. The number of pyridine rings is 1. The molecule has 2 atom stereocenters. The van der Waals surface area contributed by atoms with Crippen LogP contribution in [0.5, 0.6) is 5.75 Å². The highest BCUT2D eigenvalue weighted by Gasteiger charge is 2.30. The number of fused-ring (bicyclic) bond motifs is 1. The fraction of sp³-hybridized carbons (Fsp3) is 0.458. The molecule has 1 unspecified atom stereocenters. The Morgan fingerprint density at radius 3 is 2.57 bits per heavy atom. The summed E-state index contributed by atoms with van der Waals surface area (Å²) in [7, 11) is -1.91. The molecule has 0 bridgehead atoms. The highest BCUT2D eigenvalue weighted by atomic mass is 32.2. The van der Waals surface area contributed by atoms with Crippen LogP contribution in [0, 0.1) is 5.92 Å². The van der Waals surface area contributed by atoms with E-state index in [-0.39, 0.29) is 11.3 Å². The van der Waals surface area contributed by atoms with Gasteiger partial charge in [0.15, 0.2) is 0 Å². The zero-order valence-corrected chi connectivity index (χ0v) is 21.3. The zero-order valence-electron chi connectivity index (χ0n) is 20.5. The Kier molecular flexibility index (Phi) is 6.60. The third-order valence-corrected chi connectivity index (χ3v) is 6.97. The number of hydrogen-bond acceptors (Lipinski definition) is 7. The van der Waals surface area contributed by atoms with Gasteiger partial charge in [-0.3, -0.25) is 19.3 Å². The molecule has 0 aliphatic carbocycles. The van der Waals surface area contributed by atoms with E-state index in [4.69, 9.17) is 4.74 Å². The average Bonchev–Trinajstić information content (AvgIpc) is 3.29. The van der Waals surface area contributed by atoms with Crippen molar-refractivity contribution in [1.29, 1.82) is 0 Å². The molecule has 3 N–H and O–H groups in total. The summed E-state index contributed by atoms with van der Waals surface area (Å²) in [5.41, 5.74) is 1.12. The molecule has 4 rings (SSSR count). The molecule has 2 aromatic heterocycles. The number of H-pyrrole nitrogens is 1. The van der Waals surface area contributed by atoms with E-state index in [2.05, 4.69) is 20.0 Å². The molecule has 11 heteroatoms. The van der Waals surface area contributed by atoms with E-state index in [0.717, 1.165) is 24.8 Å². The van der Waals surface area contributed by atoms with Crippen molar-refractivity contribution in [1.82, 2.24) is 24.6 Å². The van der Waals surface area contributed by atoms with Crippen LogP contribution in [0.2, 0.25) is 0 Å². The van der Waals surface area contributed by atoms with Crippen molar-refractivity contribution in [3.8, 4) is 11.4 Å². The Hall–Kier alpha value is -3.02. The van der Waals surface area contributed by atoms with Crippen molar-refractivity contribution in [3.63, 3.8) is 0 Å². The SMILES string of the molecule is COc1c(C(C)(C)C)cc(-n2ccc(=O)[nH]c2=O)c2ncc(C(NS(C)(=O)=O)[C@H]3CCNC3)cc12. The van der Waals surface area contributed by atoms with E-state index >= 15 is 0 Å². The van der Waals surface area contributed by atoms with Crippen LogP contribution in [-0.2, 0) is 15.4 Å². The molecule has 1 saturated heterocycles. The van der Waals surface area contributed by atoms with Crippen molar-refractivity contribution in [2.45, 2.75) is 38.6 Å². The highest BCUT2D eigenvalue weighted by Crippen LogP contribution is 2.41. The van der Waals surface area contributed by atoms with Gasteiger partial charge in [0.05, 0.1) is 30.6 Å². The summed E-state index contributed by atoms with van der Waals surface area (Å²) in [5, 5.41) is 3.94. The standard InChI is InChI=1S/C24H31N5O5S/c1-24(2,3)17-11-18(29-9-7-19(30)27-23(29)31)21-16(22(17)34-4)10-15(13-26-21)20(28-35(5,32)33)14-6-8-25-12-14/h7,9-11,13-14,20,25,28H,6,8,12H2,1-5H3,(H,27,30,31)/t14-,20?/m0/s1. The van der Waals surface area contributed by atoms with Crippen molar-refractivity contribution >= 4 is 20.9 Å². The summed E-state index contributed by atoms with van der Waals surface area (Å²) < 4.78 is 34.4. The van der Waals surface area contributed by atoms with Gasteiger partial charge in [-0.05, 0) is 48.5 Å². The summed E-state index contributed by atoms with van der Waals surface area (Å²) >= 11 is 0. The van der Waals surface area contributed by atoms with Gasteiger partial charge in [0, 0.05) is 29.4 Å². The van der Waals surface area contributed by atoms with Crippen molar-refractivity contribution < 1.29 is 13.2 Å². The third-order valence-electron chi connectivity index (χ3n) is 6.29. The molecular formula is C24H31N5O5S. The van der Waals surface area contributed by atoms with E-state index < -0.39 is 27.3 Å². The molecule has 10 nitrogen and oxygen atoms in total. The van der Waals surface area contributed by atoms with Gasteiger partial charge in [-0.15, -0.1) is 0 Å². The number of nitrogens with zero attached hydrogens (tertiary/aromatic N) is 2. The smallest absolute Gasteiger partial charge is 0.332 e. The van der Waals surface area contributed by atoms with Crippen LogP contribution in [0.3, 0.4) is 0 Å². The van der Waals surface area contributed by atoms with Crippen molar-refractivity contribution in [3.05, 3.63) is 62.6 Å². The van der Waals surface area contributed by atoms with Crippen LogP contribution in [0.25, 0.3) is 16.6 Å². The molecule has 1 aromatic carbocycles. The number of rotatable bonds is 6. The van der Waals surface area contributed by atoms with Gasteiger partial charge in [0.25, 0.3) is 5.56 Å². The van der Waals surface area contributed by atoms with Crippen LogP contribution in [0.4, 0.5) is 0 Å². The van der Waals surface area contributed by atoms with Crippen LogP contribution < -0.4 is 26.0 Å². The van der Waals surface area contributed by atoms with E-state index in [1.54, 1.807) is 13.3 Å². The summed E-state index contributed by atoms with van der Waals surface area (Å²) in [4.78, 5) is 31.3. The summed E-state index contributed by atoms with van der Waals surface area (Å²) in [6, 6.07) is 4.54. The van der Waals surface area contributed by atoms with Crippen LogP contribution >= 0.6 is 0 Å². The lowest BCUT2D eigenvalue weighted by atomic mass is 9.84. The highest BCUT2D eigenvalue weighted by molar-refractivity contribution is 7.88. The fourth-order valence-electron chi connectivity index (χ4n) is 4.64. The Morgan fingerprint density at radius 2 is 2.00 bits per heavy atom. The first-order chi connectivity index (χ1) is 16.4. The lowest BCUT2D eigenvalue weighted by Gasteiger charge is -2.27. The van der Waals surface area contributed by atoms with E-state index in [9.17, 15) is 18.0 Å². The summed E-state index contributed by atoms with van der Waals surface area (Å²) in [5.74, 6) is 0.660. The fourth-order valence-corrected chi connectivity index (χ4v) is 5.43. The first-order valence-electron chi connectivity index (χ1n) is 11.4. The second-order valence-corrected chi connectivity index (χ2v) is 11.8. The first-order valence-corrected chi connectivity index (χ1v) is 13.3. The molecule has 1 aliphatic rings. The predicted molar refractivity (Wildman–Crippen MR) is 135 cm³/mol. The molecule has 1 aliphatic heterocycles. The van der Waals surface area contributed by atoms with Crippen LogP contribution in [0.15, 0.2) is 40.2 Å². The normalized spacial score (nSPS) is 17.6. The quantitative estimate of drug-likeness (QED) is 0.467. The molecule has 0 amide bonds. The van der Waals surface area contributed by atoms with E-state index in [0.29, 0.717) is 34.4 Å². The number of ether oxygens (including phenoxy) is 1.